The Morgan fingerprint density at radius 3 is 2.52 bits per heavy atom. The van der Waals surface area contributed by atoms with Crippen molar-refractivity contribution in [2.75, 3.05) is 5.32 Å². The summed E-state index contributed by atoms with van der Waals surface area (Å²) in [4.78, 5) is 12.3. The number of hydrogen-bond donors (Lipinski definition) is 1. The number of amides is 1. The number of aryl methyl sites for hydroxylation is 1. The highest BCUT2D eigenvalue weighted by molar-refractivity contribution is 5.92. The van der Waals surface area contributed by atoms with E-state index in [-0.39, 0.29) is 11.8 Å². The van der Waals surface area contributed by atoms with Crippen molar-refractivity contribution in [3.05, 3.63) is 11.8 Å². The molecule has 21 heavy (non-hydrogen) atoms. The van der Waals surface area contributed by atoms with Gasteiger partial charge < -0.3 is 5.32 Å². The molecule has 2 rings (SSSR count). The van der Waals surface area contributed by atoms with Gasteiger partial charge in [0.05, 0.1) is 0 Å². The molecule has 1 amide bonds. The average molecular weight is 288 g/mol. The van der Waals surface area contributed by atoms with Gasteiger partial charge in [-0.25, -0.2) is 0 Å². The fourth-order valence-electron chi connectivity index (χ4n) is 3.10. The zero-order valence-electron chi connectivity index (χ0n) is 13.3. The maximum absolute atomic E-state index is 12.3. The Balaban J connectivity index is 1.95. The molecule has 1 aromatic heterocycles. The van der Waals surface area contributed by atoms with Gasteiger partial charge in [-0.2, -0.15) is 10.4 Å². The Kier molecular flexibility index (Phi) is 4.36. The summed E-state index contributed by atoms with van der Waals surface area (Å²) >= 11 is 0. The number of aromatic nitrogens is 2. The Hall–Kier alpha value is -1.83. The summed E-state index contributed by atoms with van der Waals surface area (Å²) in [5.41, 5.74) is 0.727. The van der Waals surface area contributed by atoms with Crippen LogP contribution in [0.2, 0.25) is 0 Å². The van der Waals surface area contributed by atoms with Gasteiger partial charge in [0, 0.05) is 19.2 Å². The van der Waals surface area contributed by atoms with Crippen molar-refractivity contribution in [3.8, 4) is 6.07 Å². The topological polar surface area (TPSA) is 70.7 Å². The van der Waals surface area contributed by atoms with Crippen molar-refractivity contribution in [1.29, 1.82) is 5.26 Å². The van der Waals surface area contributed by atoms with Crippen LogP contribution in [0.5, 0.6) is 0 Å². The van der Waals surface area contributed by atoms with E-state index < -0.39 is 0 Å². The van der Waals surface area contributed by atoms with Crippen LogP contribution in [0.4, 0.5) is 5.82 Å². The molecule has 0 radical (unpaired) electrons. The van der Waals surface area contributed by atoms with Crippen molar-refractivity contribution in [3.63, 3.8) is 0 Å². The van der Waals surface area contributed by atoms with E-state index >= 15 is 0 Å². The molecule has 0 unspecified atom stereocenters. The standard InChI is InChI=1S/C16H24N4O/c1-16(2,3)13-7-5-11(6-8-13)15(21)18-14-12(9-17)10-20(4)19-14/h10-11,13H,5-8H2,1-4H3,(H,18,19,21). The number of nitrogens with zero attached hydrogens (tertiary/aromatic N) is 3. The monoisotopic (exact) mass is 288 g/mol. The number of nitrogens with one attached hydrogen (secondary N) is 1. The van der Waals surface area contributed by atoms with Gasteiger partial charge in [-0.15, -0.1) is 0 Å². The maximum atomic E-state index is 12.3. The van der Waals surface area contributed by atoms with Crippen molar-refractivity contribution in [2.45, 2.75) is 46.5 Å². The van der Waals surface area contributed by atoms with Gasteiger partial charge in [-0.1, -0.05) is 20.8 Å². The highest BCUT2D eigenvalue weighted by Crippen LogP contribution is 2.40. The molecule has 1 aliphatic rings. The lowest BCUT2D eigenvalue weighted by atomic mass is 9.69. The van der Waals surface area contributed by atoms with Crippen LogP contribution in [0.25, 0.3) is 0 Å². The minimum atomic E-state index is -0.00226. The minimum Gasteiger partial charge on any atom is -0.308 e. The second-order valence-electron chi connectivity index (χ2n) is 7.08. The molecule has 0 bridgehead atoms. The lowest BCUT2D eigenvalue weighted by Crippen LogP contribution is -2.31. The van der Waals surface area contributed by atoms with Crippen molar-refractivity contribution < 1.29 is 4.79 Å². The second kappa shape index (κ2) is 5.88. The molecule has 114 valence electrons. The van der Waals surface area contributed by atoms with Crippen LogP contribution in [-0.2, 0) is 11.8 Å². The molecule has 0 aromatic carbocycles. The first-order valence-electron chi connectivity index (χ1n) is 7.56. The number of hydrogen-bond acceptors (Lipinski definition) is 3. The number of carbonyl (C=O) groups is 1. The van der Waals surface area contributed by atoms with Crippen molar-refractivity contribution in [2.24, 2.45) is 24.3 Å². The van der Waals surface area contributed by atoms with Gasteiger partial charge in [-0.05, 0) is 37.0 Å². The fourth-order valence-corrected chi connectivity index (χ4v) is 3.10. The highest BCUT2D eigenvalue weighted by Gasteiger charge is 2.32. The maximum Gasteiger partial charge on any atom is 0.228 e. The number of rotatable bonds is 2. The summed E-state index contributed by atoms with van der Waals surface area (Å²) in [5.74, 6) is 1.10. The van der Waals surface area contributed by atoms with E-state index in [9.17, 15) is 4.79 Å². The van der Waals surface area contributed by atoms with Crippen molar-refractivity contribution >= 4 is 11.7 Å². The third kappa shape index (κ3) is 3.63. The van der Waals surface area contributed by atoms with Crippen LogP contribution in [-0.4, -0.2) is 15.7 Å². The highest BCUT2D eigenvalue weighted by atomic mass is 16.2. The van der Waals surface area contributed by atoms with Crippen molar-refractivity contribution in [1.82, 2.24) is 9.78 Å². The molecule has 1 aromatic rings. The lowest BCUT2D eigenvalue weighted by molar-refractivity contribution is -0.121. The smallest absolute Gasteiger partial charge is 0.228 e. The summed E-state index contributed by atoms with van der Waals surface area (Å²) in [6, 6.07) is 2.05. The third-order valence-corrected chi connectivity index (χ3v) is 4.51. The van der Waals surface area contributed by atoms with Crippen LogP contribution in [0.15, 0.2) is 6.20 Å². The molecule has 0 saturated heterocycles. The van der Waals surface area contributed by atoms with Gasteiger partial charge in [0.15, 0.2) is 5.82 Å². The first kappa shape index (κ1) is 15.6. The Morgan fingerprint density at radius 1 is 1.38 bits per heavy atom. The molecule has 0 aliphatic heterocycles. The molecule has 0 atom stereocenters. The summed E-state index contributed by atoms with van der Waals surface area (Å²) in [7, 11) is 1.74. The van der Waals surface area contributed by atoms with Crippen LogP contribution in [0.3, 0.4) is 0 Å². The molecule has 1 N–H and O–H groups in total. The molecule has 1 aliphatic carbocycles. The number of anilines is 1. The van der Waals surface area contributed by atoms with E-state index in [1.807, 2.05) is 0 Å². The van der Waals surface area contributed by atoms with Crippen LogP contribution in [0.1, 0.15) is 52.0 Å². The Morgan fingerprint density at radius 2 is 2.00 bits per heavy atom. The predicted molar refractivity (Wildman–Crippen MR) is 81.5 cm³/mol. The van der Waals surface area contributed by atoms with E-state index in [0.29, 0.717) is 22.7 Å². The quantitative estimate of drug-likeness (QED) is 0.909. The summed E-state index contributed by atoms with van der Waals surface area (Å²) in [6.45, 7) is 6.81. The summed E-state index contributed by atoms with van der Waals surface area (Å²) in [5, 5.41) is 16.0. The number of nitriles is 1. The normalized spacial score (nSPS) is 22.6. The molecule has 5 heteroatoms. The molecule has 5 nitrogen and oxygen atoms in total. The van der Waals surface area contributed by atoms with Gasteiger partial charge in [0.1, 0.15) is 11.6 Å². The predicted octanol–water partition coefficient (Wildman–Crippen LogP) is 3.08. The first-order chi connectivity index (χ1) is 9.81. The van der Waals surface area contributed by atoms with Gasteiger partial charge in [-0.3, -0.25) is 9.48 Å². The fraction of sp³-hybridized carbons (Fsp3) is 0.688. The molecule has 0 spiro atoms. The minimum absolute atomic E-state index is 0.00226. The van der Waals surface area contributed by atoms with Crippen LogP contribution >= 0.6 is 0 Å². The van der Waals surface area contributed by atoms with Gasteiger partial charge >= 0.3 is 0 Å². The molecule has 1 heterocycles. The zero-order chi connectivity index (χ0) is 15.6. The largest absolute Gasteiger partial charge is 0.308 e. The molecular formula is C16H24N4O. The first-order valence-corrected chi connectivity index (χ1v) is 7.56. The molecular weight excluding hydrogens is 264 g/mol. The molecule has 1 saturated carbocycles. The Bertz CT molecular complexity index is 554. The average Bonchev–Trinajstić information content (AvgIpc) is 2.78. The van der Waals surface area contributed by atoms with E-state index in [4.69, 9.17) is 5.26 Å². The molecule has 1 fully saturated rings. The number of carbonyl (C=O) groups excluding carboxylic acids is 1. The van der Waals surface area contributed by atoms with E-state index in [1.165, 1.54) is 0 Å². The third-order valence-electron chi connectivity index (χ3n) is 4.51. The van der Waals surface area contributed by atoms with Gasteiger partial charge in [0.25, 0.3) is 0 Å². The van der Waals surface area contributed by atoms with E-state index in [0.717, 1.165) is 25.7 Å². The lowest BCUT2D eigenvalue weighted by Gasteiger charge is -2.36. The van der Waals surface area contributed by atoms with E-state index in [2.05, 4.69) is 37.3 Å². The summed E-state index contributed by atoms with van der Waals surface area (Å²) in [6.07, 6.45) is 5.64. The Labute approximate surface area is 126 Å². The van der Waals surface area contributed by atoms with Crippen LogP contribution < -0.4 is 5.32 Å². The summed E-state index contributed by atoms with van der Waals surface area (Å²) < 4.78 is 1.55. The van der Waals surface area contributed by atoms with Gasteiger partial charge in [0.2, 0.25) is 5.91 Å². The van der Waals surface area contributed by atoms with E-state index in [1.54, 1.807) is 17.9 Å². The SMILES string of the molecule is Cn1cc(C#N)c(NC(=O)C2CCC(C(C)(C)C)CC2)n1. The second-order valence-corrected chi connectivity index (χ2v) is 7.08. The van der Waals surface area contributed by atoms with Crippen LogP contribution in [0, 0.1) is 28.6 Å². The zero-order valence-corrected chi connectivity index (χ0v) is 13.3.